The summed E-state index contributed by atoms with van der Waals surface area (Å²) in [7, 11) is 0. The lowest BCUT2D eigenvalue weighted by molar-refractivity contribution is -0.142. The average molecular weight is 257 g/mol. The minimum absolute atomic E-state index is 0.0629. The summed E-state index contributed by atoms with van der Waals surface area (Å²) in [6, 6.07) is 8.54. The smallest absolute Gasteiger partial charge is 0.242 e. The fourth-order valence-corrected chi connectivity index (χ4v) is 2.10. The van der Waals surface area contributed by atoms with Crippen LogP contribution in [0.15, 0.2) is 24.3 Å². The second kappa shape index (κ2) is 5.53. The second-order valence-electron chi connectivity index (χ2n) is 4.54. The quantitative estimate of drug-likeness (QED) is 0.836. The minimum Gasteiger partial charge on any atom is -0.353 e. The largest absolute Gasteiger partial charge is 0.353 e. The van der Waals surface area contributed by atoms with Crippen LogP contribution in [0.25, 0.3) is 0 Å². The van der Waals surface area contributed by atoms with Crippen molar-refractivity contribution in [2.75, 3.05) is 13.1 Å². The molecule has 1 unspecified atom stereocenters. The highest BCUT2D eigenvalue weighted by atomic mass is 16.2. The molecule has 1 aromatic rings. The summed E-state index contributed by atoms with van der Waals surface area (Å²) in [5.41, 5.74) is 1.42. The molecule has 1 aliphatic rings. The number of carbonyl (C=O) groups is 2. The SMILES string of the molecule is CC1C(=O)NCCN1C(=O)Cc1ccc(C#N)cc1. The fourth-order valence-electron chi connectivity index (χ4n) is 2.10. The Morgan fingerprint density at radius 1 is 1.47 bits per heavy atom. The summed E-state index contributed by atoms with van der Waals surface area (Å²) in [6.07, 6.45) is 0.253. The van der Waals surface area contributed by atoms with Gasteiger partial charge in [0.1, 0.15) is 6.04 Å². The summed E-state index contributed by atoms with van der Waals surface area (Å²) in [6.45, 7) is 2.77. The van der Waals surface area contributed by atoms with Crippen LogP contribution in [-0.4, -0.2) is 35.8 Å². The molecular formula is C14H15N3O2. The molecule has 1 N–H and O–H groups in total. The van der Waals surface area contributed by atoms with E-state index in [0.717, 1.165) is 5.56 Å². The number of nitrogens with one attached hydrogen (secondary N) is 1. The van der Waals surface area contributed by atoms with Crippen LogP contribution in [0, 0.1) is 11.3 Å². The summed E-state index contributed by atoms with van der Waals surface area (Å²) in [4.78, 5) is 25.3. The molecule has 1 heterocycles. The van der Waals surface area contributed by atoms with Crippen LogP contribution in [0.1, 0.15) is 18.1 Å². The standard InChI is InChI=1S/C14H15N3O2/c1-10-14(19)16-6-7-17(10)13(18)8-11-2-4-12(9-15)5-3-11/h2-5,10H,6-8H2,1H3,(H,16,19). The van der Waals surface area contributed by atoms with Gasteiger partial charge < -0.3 is 10.2 Å². The van der Waals surface area contributed by atoms with Crippen molar-refractivity contribution in [3.05, 3.63) is 35.4 Å². The Bertz CT molecular complexity index is 531. The lowest BCUT2D eigenvalue weighted by Crippen LogP contribution is -2.56. The highest BCUT2D eigenvalue weighted by Gasteiger charge is 2.28. The topological polar surface area (TPSA) is 73.2 Å². The maximum Gasteiger partial charge on any atom is 0.242 e. The van der Waals surface area contributed by atoms with Gasteiger partial charge in [-0.05, 0) is 24.6 Å². The number of amides is 2. The van der Waals surface area contributed by atoms with Crippen molar-refractivity contribution < 1.29 is 9.59 Å². The summed E-state index contributed by atoms with van der Waals surface area (Å²) in [5, 5.41) is 11.4. The number of piperazine rings is 1. The molecule has 1 atom stereocenters. The zero-order valence-corrected chi connectivity index (χ0v) is 10.7. The van der Waals surface area contributed by atoms with Gasteiger partial charge in [0.25, 0.3) is 0 Å². The number of benzene rings is 1. The molecule has 1 fully saturated rings. The lowest BCUT2D eigenvalue weighted by atomic mass is 10.1. The van der Waals surface area contributed by atoms with Crippen LogP contribution in [0.3, 0.4) is 0 Å². The molecule has 98 valence electrons. The molecule has 2 rings (SSSR count). The van der Waals surface area contributed by atoms with E-state index in [2.05, 4.69) is 5.32 Å². The van der Waals surface area contributed by atoms with E-state index in [0.29, 0.717) is 18.7 Å². The normalized spacial score (nSPS) is 18.6. The first-order chi connectivity index (χ1) is 9.11. The van der Waals surface area contributed by atoms with Crippen molar-refractivity contribution in [1.82, 2.24) is 10.2 Å². The Morgan fingerprint density at radius 3 is 2.79 bits per heavy atom. The van der Waals surface area contributed by atoms with Crippen LogP contribution in [0.4, 0.5) is 0 Å². The molecule has 0 aliphatic carbocycles. The summed E-state index contributed by atoms with van der Waals surface area (Å²) < 4.78 is 0. The van der Waals surface area contributed by atoms with E-state index in [4.69, 9.17) is 5.26 Å². The average Bonchev–Trinajstić information content (AvgIpc) is 2.42. The monoisotopic (exact) mass is 257 g/mol. The van der Waals surface area contributed by atoms with E-state index < -0.39 is 6.04 Å². The fraction of sp³-hybridized carbons (Fsp3) is 0.357. The predicted octanol–water partition coefficient (Wildman–Crippen LogP) is 0.448. The molecule has 2 amide bonds. The Balaban J connectivity index is 2.04. The molecule has 5 heteroatoms. The van der Waals surface area contributed by atoms with Crippen molar-refractivity contribution in [3.8, 4) is 6.07 Å². The van der Waals surface area contributed by atoms with Gasteiger partial charge in [-0.25, -0.2) is 0 Å². The highest BCUT2D eigenvalue weighted by molar-refractivity contribution is 5.89. The van der Waals surface area contributed by atoms with Crippen LogP contribution >= 0.6 is 0 Å². The van der Waals surface area contributed by atoms with E-state index in [1.54, 1.807) is 36.1 Å². The van der Waals surface area contributed by atoms with Crippen LogP contribution in [-0.2, 0) is 16.0 Å². The van der Waals surface area contributed by atoms with Crippen molar-refractivity contribution in [2.24, 2.45) is 0 Å². The molecule has 0 radical (unpaired) electrons. The molecule has 0 spiro atoms. The van der Waals surface area contributed by atoms with Crippen LogP contribution in [0.2, 0.25) is 0 Å². The first kappa shape index (κ1) is 13.1. The number of nitrogens with zero attached hydrogens (tertiary/aromatic N) is 2. The lowest BCUT2D eigenvalue weighted by Gasteiger charge is -2.32. The van der Waals surface area contributed by atoms with Crippen molar-refractivity contribution in [3.63, 3.8) is 0 Å². The third-order valence-corrected chi connectivity index (χ3v) is 3.26. The first-order valence-electron chi connectivity index (χ1n) is 6.18. The molecule has 1 aliphatic heterocycles. The van der Waals surface area contributed by atoms with E-state index in [9.17, 15) is 9.59 Å². The zero-order chi connectivity index (χ0) is 13.8. The molecule has 1 aromatic carbocycles. The number of rotatable bonds is 2. The maximum atomic E-state index is 12.2. The Hall–Kier alpha value is -2.35. The number of nitriles is 1. The third-order valence-electron chi connectivity index (χ3n) is 3.26. The Labute approximate surface area is 111 Å². The predicted molar refractivity (Wildman–Crippen MR) is 69.0 cm³/mol. The molecule has 19 heavy (non-hydrogen) atoms. The molecular weight excluding hydrogens is 242 g/mol. The minimum atomic E-state index is -0.417. The zero-order valence-electron chi connectivity index (χ0n) is 10.7. The molecule has 0 saturated carbocycles. The molecule has 0 bridgehead atoms. The van der Waals surface area contributed by atoms with Crippen LogP contribution in [0.5, 0.6) is 0 Å². The van der Waals surface area contributed by atoms with Gasteiger partial charge in [0.15, 0.2) is 0 Å². The van der Waals surface area contributed by atoms with Crippen molar-refractivity contribution in [1.29, 1.82) is 5.26 Å². The van der Waals surface area contributed by atoms with Crippen molar-refractivity contribution in [2.45, 2.75) is 19.4 Å². The first-order valence-corrected chi connectivity index (χ1v) is 6.18. The number of carbonyl (C=O) groups excluding carboxylic acids is 2. The highest BCUT2D eigenvalue weighted by Crippen LogP contribution is 2.10. The number of hydrogen-bond donors (Lipinski definition) is 1. The summed E-state index contributed by atoms with van der Waals surface area (Å²) >= 11 is 0. The van der Waals surface area contributed by atoms with Gasteiger partial charge in [-0.3, -0.25) is 9.59 Å². The van der Waals surface area contributed by atoms with E-state index in [1.165, 1.54) is 0 Å². The molecule has 0 aromatic heterocycles. The Morgan fingerprint density at radius 2 is 2.16 bits per heavy atom. The second-order valence-corrected chi connectivity index (χ2v) is 4.54. The summed E-state index contributed by atoms with van der Waals surface area (Å²) in [5.74, 6) is -0.175. The van der Waals surface area contributed by atoms with E-state index in [-0.39, 0.29) is 18.2 Å². The number of hydrogen-bond acceptors (Lipinski definition) is 3. The van der Waals surface area contributed by atoms with Gasteiger partial charge in [-0.2, -0.15) is 5.26 Å². The van der Waals surface area contributed by atoms with E-state index >= 15 is 0 Å². The van der Waals surface area contributed by atoms with Crippen molar-refractivity contribution >= 4 is 11.8 Å². The van der Waals surface area contributed by atoms with E-state index in [1.807, 2.05) is 6.07 Å². The van der Waals surface area contributed by atoms with Gasteiger partial charge in [0, 0.05) is 13.1 Å². The van der Waals surface area contributed by atoms with Gasteiger partial charge in [-0.1, -0.05) is 12.1 Å². The molecule has 5 nitrogen and oxygen atoms in total. The Kier molecular flexibility index (Phi) is 3.81. The van der Waals surface area contributed by atoms with Crippen LogP contribution < -0.4 is 5.32 Å². The third kappa shape index (κ3) is 2.91. The molecule has 1 saturated heterocycles. The van der Waals surface area contributed by atoms with Gasteiger partial charge in [-0.15, -0.1) is 0 Å². The maximum absolute atomic E-state index is 12.2. The van der Waals surface area contributed by atoms with Gasteiger partial charge >= 0.3 is 0 Å². The van der Waals surface area contributed by atoms with Gasteiger partial charge in [0.05, 0.1) is 18.1 Å². The van der Waals surface area contributed by atoms with Gasteiger partial charge in [0.2, 0.25) is 11.8 Å².